The van der Waals surface area contributed by atoms with Crippen molar-refractivity contribution in [2.45, 2.75) is 39.5 Å². The molecular formula is C26H23ClN4O2S. The first-order valence-corrected chi connectivity index (χ1v) is 12.1. The molecule has 0 aliphatic heterocycles. The number of thiophene rings is 1. The number of fused-ring (bicyclic) bond motifs is 1. The first-order chi connectivity index (χ1) is 16.4. The van der Waals surface area contributed by atoms with Crippen LogP contribution < -0.4 is 10.1 Å². The quantitative estimate of drug-likeness (QED) is 0.345. The van der Waals surface area contributed by atoms with Crippen LogP contribution in [-0.2, 0) is 17.6 Å². The summed E-state index contributed by atoms with van der Waals surface area (Å²) < 4.78 is 7.48. The van der Waals surface area contributed by atoms with Crippen LogP contribution in [0.25, 0.3) is 11.8 Å². The van der Waals surface area contributed by atoms with Gasteiger partial charge in [-0.15, -0.1) is 11.3 Å². The average molecular weight is 491 g/mol. The number of nitrogens with one attached hydrogen (secondary N) is 1. The summed E-state index contributed by atoms with van der Waals surface area (Å²) in [6.45, 7) is 3.85. The Balaban J connectivity index is 1.68. The normalized spacial score (nSPS) is 13.1. The third-order valence-electron chi connectivity index (χ3n) is 6.03. The zero-order chi connectivity index (χ0) is 24.4. The number of rotatable bonds is 5. The zero-order valence-electron chi connectivity index (χ0n) is 19.2. The summed E-state index contributed by atoms with van der Waals surface area (Å²) >= 11 is 7.66. The Morgan fingerprint density at radius 2 is 2.00 bits per heavy atom. The number of nitriles is 2. The van der Waals surface area contributed by atoms with Crippen LogP contribution in [0.15, 0.2) is 29.8 Å². The number of aryl methyl sites for hydroxylation is 2. The molecule has 0 bridgehead atoms. The van der Waals surface area contributed by atoms with Gasteiger partial charge in [-0.3, -0.25) is 4.79 Å². The van der Waals surface area contributed by atoms with Crippen LogP contribution >= 0.6 is 22.9 Å². The Morgan fingerprint density at radius 1 is 1.24 bits per heavy atom. The molecule has 172 valence electrons. The number of hydrogen-bond donors (Lipinski definition) is 1. The molecule has 4 rings (SSSR count). The molecule has 2 heterocycles. The molecule has 1 amide bonds. The van der Waals surface area contributed by atoms with Gasteiger partial charge in [0.1, 0.15) is 28.5 Å². The van der Waals surface area contributed by atoms with Gasteiger partial charge in [0.15, 0.2) is 0 Å². The summed E-state index contributed by atoms with van der Waals surface area (Å²) in [6.07, 6.45) is 5.48. The van der Waals surface area contributed by atoms with Crippen molar-refractivity contribution < 1.29 is 9.53 Å². The fourth-order valence-corrected chi connectivity index (χ4v) is 5.79. The Hall–Kier alpha value is -3.52. The van der Waals surface area contributed by atoms with Crippen molar-refractivity contribution in [3.05, 3.63) is 67.8 Å². The summed E-state index contributed by atoms with van der Waals surface area (Å²) in [5, 5.41) is 23.3. The third kappa shape index (κ3) is 4.33. The predicted molar refractivity (Wildman–Crippen MR) is 135 cm³/mol. The van der Waals surface area contributed by atoms with Gasteiger partial charge in [-0.2, -0.15) is 10.5 Å². The number of carbonyl (C=O) groups is 1. The first-order valence-electron chi connectivity index (χ1n) is 10.9. The Kier molecular flexibility index (Phi) is 6.79. The zero-order valence-corrected chi connectivity index (χ0v) is 20.7. The minimum Gasteiger partial charge on any atom is -0.495 e. The number of anilines is 1. The van der Waals surface area contributed by atoms with Crippen molar-refractivity contribution in [1.82, 2.24) is 4.57 Å². The van der Waals surface area contributed by atoms with Gasteiger partial charge < -0.3 is 14.6 Å². The molecule has 0 unspecified atom stereocenters. The SMILES string of the molecule is COc1ccc(Cl)cc1-n1c(C)cc(C=C(C#N)C(=O)Nc2sc3c(c2C#N)CCCC3)c1C. The van der Waals surface area contributed by atoms with Crippen LogP contribution in [0.4, 0.5) is 5.00 Å². The molecule has 0 saturated heterocycles. The van der Waals surface area contributed by atoms with Gasteiger partial charge in [0.2, 0.25) is 0 Å². The second kappa shape index (κ2) is 9.77. The van der Waals surface area contributed by atoms with E-state index in [0.717, 1.165) is 58.8 Å². The molecule has 0 saturated carbocycles. The van der Waals surface area contributed by atoms with Gasteiger partial charge in [-0.05, 0) is 81.0 Å². The van der Waals surface area contributed by atoms with E-state index < -0.39 is 5.91 Å². The highest BCUT2D eigenvalue weighted by Gasteiger charge is 2.23. The molecule has 1 aromatic carbocycles. The highest BCUT2D eigenvalue weighted by Crippen LogP contribution is 2.38. The van der Waals surface area contributed by atoms with Crippen molar-refractivity contribution >= 4 is 39.9 Å². The van der Waals surface area contributed by atoms with E-state index >= 15 is 0 Å². The molecular weight excluding hydrogens is 468 g/mol. The van der Waals surface area contributed by atoms with Crippen molar-refractivity contribution in [1.29, 1.82) is 10.5 Å². The van der Waals surface area contributed by atoms with Crippen LogP contribution in [0.1, 0.15) is 45.8 Å². The Morgan fingerprint density at radius 3 is 2.71 bits per heavy atom. The topological polar surface area (TPSA) is 90.8 Å². The van der Waals surface area contributed by atoms with Gasteiger partial charge in [0.05, 0.1) is 18.4 Å². The monoisotopic (exact) mass is 490 g/mol. The lowest BCUT2D eigenvalue weighted by Crippen LogP contribution is -2.13. The Bertz CT molecular complexity index is 1400. The largest absolute Gasteiger partial charge is 0.495 e. The maximum atomic E-state index is 13.0. The van der Waals surface area contributed by atoms with Crippen molar-refractivity contribution in [2.24, 2.45) is 0 Å². The molecule has 34 heavy (non-hydrogen) atoms. The number of halogens is 1. The van der Waals surface area contributed by atoms with E-state index in [0.29, 0.717) is 21.3 Å². The summed E-state index contributed by atoms with van der Waals surface area (Å²) in [5.74, 6) is 0.133. The summed E-state index contributed by atoms with van der Waals surface area (Å²) in [5.41, 5.74) is 4.77. The maximum Gasteiger partial charge on any atom is 0.266 e. The number of aromatic nitrogens is 1. The van der Waals surface area contributed by atoms with E-state index in [4.69, 9.17) is 16.3 Å². The summed E-state index contributed by atoms with van der Waals surface area (Å²) in [4.78, 5) is 14.2. The van der Waals surface area contributed by atoms with Crippen molar-refractivity contribution in [2.75, 3.05) is 12.4 Å². The van der Waals surface area contributed by atoms with Crippen LogP contribution in [0.3, 0.4) is 0 Å². The van der Waals surface area contributed by atoms with Crippen LogP contribution in [0, 0.1) is 36.5 Å². The van der Waals surface area contributed by atoms with Crippen molar-refractivity contribution in [3.8, 4) is 23.6 Å². The minimum atomic E-state index is -0.525. The molecule has 2 aromatic heterocycles. The third-order valence-corrected chi connectivity index (χ3v) is 7.47. The molecule has 6 nitrogen and oxygen atoms in total. The highest BCUT2D eigenvalue weighted by molar-refractivity contribution is 7.16. The minimum absolute atomic E-state index is 0.0337. The maximum absolute atomic E-state index is 13.0. The molecule has 1 aliphatic carbocycles. The predicted octanol–water partition coefficient (Wildman–Crippen LogP) is 6.11. The van der Waals surface area contributed by atoms with Crippen LogP contribution in [0.5, 0.6) is 5.75 Å². The molecule has 8 heteroatoms. The van der Waals surface area contributed by atoms with Crippen LogP contribution in [-0.4, -0.2) is 17.6 Å². The molecule has 1 aliphatic rings. The number of hydrogen-bond acceptors (Lipinski definition) is 5. The van der Waals surface area contributed by atoms with Gasteiger partial charge in [0, 0.05) is 21.3 Å². The second-order valence-corrected chi connectivity index (χ2v) is 9.67. The number of nitrogens with zero attached hydrogens (tertiary/aromatic N) is 3. The Labute approximate surface area is 207 Å². The highest BCUT2D eigenvalue weighted by atomic mass is 35.5. The molecule has 0 fully saturated rings. The fourth-order valence-electron chi connectivity index (χ4n) is 4.39. The molecule has 3 aromatic rings. The van der Waals surface area contributed by atoms with Crippen molar-refractivity contribution in [3.63, 3.8) is 0 Å². The van der Waals surface area contributed by atoms with E-state index in [-0.39, 0.29) is 5.57 Å². The lowest BCUT2D eigenvalue weighted by atomic mass is 9.96. The van der Waals surface area contributed by atoms with Gasteiger partial charge in [0.25, 0.3) is 5.91 Å². The van der Waals surface area contributed by atoms with Gasteiger partial charge in [-0.25, -0.2) is 0 Å². The second-order valence-electron chi connectivity index (χ2n) is 8.13. The van der Waals surface area contributed by atoms with Gasteiger partial charge >= 0.3 is 0 Å². The summed E-state index contributed by atoms with van der Waals surface area (Å²) in [7, 11) is 1.59. The number of methoxy groups -OCH3 is 1. The van der Waals surface area contributed by atoms with E-state index in [1.54, 1.807) is 25.3 Å². The van der Waals surface area contributed by atoms with E-state index in [2.05, 4.69) is 11.4 Å². The van der Waals surface area contributed by atoms with Gasteiger partial charge in [-0.1, -0.05) is 11.6 Å². The average Bonchev–Trinajstić information content (AvgIpc) is 3.32. The van der Waals surface area contributed by atoms with Crippen LogP contribution in [0.2, 0.25) is 5.02 Å². The molecule has 0 radical (unpaired) electrons. The molecule has 1 N–H and O–H groups in total. The number of ether oxygens (including phenoxy) is 1. The number of amides is 1. The summed E-state index contributed by atoms with van der Waals surface area (Å²) in [6, 6.07) is 11.5. The van der Waals surface area contributed by atoms with E-state index in [1.165, 1.54) is 11.3 Å². The molecule has 0 spiro atoms. The number of carbonyl (C=O) groups excluding carboxylic acids is 1. The van der Waals surface area contributed by atoms with E-state index in [1.807, 2.05) is 36.6 Å². The lowest BCUT2D eigenvalue weighted by Gasteiger charge is -2.14. The van der Waals surface area contributed by atoms with E-state index in [9.17, 15) is 15.3 Å². The number of benzene rings is 1. The first kappa shape index (κ1) is 23.6. The fraction of sp³-hybridized carbons (Fsp3) is 0.269. The smallest absolute Gasteiger partial charge is 0.266 e. The standard InChI is InChI=1S/C26H23ClN4O2S/c1-15-10-17(16(2)31(15)22-12-19(27)8-9-23(22)33-3)11-18(13-28)25(32)30-26-21(14-29)20-6-4-5-7-24(20)34-26/h8-12H,4-7H2,1-3H3,(H,30,32). The lowest BCUT2D eigenvalue weighted by molar-refractivity contribution is -0.112. The molecule has 0 atom stereocenters.